The standard InChI is InChI=1S/C20H19FN2O/c1-20(2,3)16-10-8-14(9-11-16)12-15(13-22)19(24)23-18-7-5-4-6-17(18)21/h4-12H,1-3H3,(H,23,24)/b15-12-. The molecule has 24 heavy (non-hydrogen) atoms. The van der Waals surface area contributed by atoms with Gasteiger partial charge >= 0.3 is 0 Å². The maximum Gasteiger partial charge on any atom is 0.266 e. The van der Waals surface area contributed by atoms with Gasteiger partial charge in [0.05, 0.1) is 5.69 Å². The summed E-state index contributed by atoms with van der Waals surface area (Å²) in [5, 5.41) is 11.6. The third kappa shape index (κ3) is 4.30. The molecule has 1 amide bonds. The summed E-state index contributed by atoms with van der Waals surface area (Å²) >= 11 is 0. The van der Waals surface area contributed by atoms with E-state index in [0.717, 1.165) is 11.1 Å². The number of anilines is 1. The van der Waals surface area contributed by atoms with Crippen LogP contribution in [0.1, 0.15) is 31.9 Å². The number of hydrogen-bond acceptors (Lipinski definition) is 2. The Morgan fingerprint density at radius 3 is 2.29 bits per heavy atom. The molecule has 1 N–H and O–H groups in total. The van der Waals surface area contributed by atoms with Crippen molar-refractivity contribution in [2.75, 3.05) is 5.32 Å². The maximum atomic E-state index is 13.6. The molecule has 0 bridgehead atoms. The van der Waals surface area contributed by atoms with Crippen LogP contribution in [0.5, 0.6) is 0 Å². The van der Waals surface area contributed by atoms with Crippen molar-refractivity contribution in [1.29, 1.82) is 5.26 Å². The van der Waals surface area contributed by atoms with Gasteiger partial charge in [-0.25, -0.2) is 4.39 Å². The number of carbonyl (C=O) groups is 1. The third-order valence-corrected chi connectivity index (χ3v) is 3.57. The average Bonchev–Trinajstić information content (AvgIpc) is 2.54. The molecule has 0 atom stereocenters. The highest BCUT2D eigenvalue weighted by Crippen LogP contribution is 2.23. The minimum atomic E-state index is -0.637. The Bertz CT molecular complexity index is 809. The molecule has 2 rings (SSSR count). The lowest BCUT2D eigenvalue weighted by molar-refractivity contribution is -0.112. The summed E-state index contributed by atoms with van der Waals surface area (Å²) in [6, 6.07) is 15.3. The molecular weight excluding hydrogens is 303 g/mol. The number of nitriles is 1. The van der Waals surface area contributed by atoms with Gasteiger partial charge in [0.25, 0.3) is 5.91 Å². The first kappa shape index (κ1) is 17.4. The van der Waals surface area contributed by atoms with Gasteiger partial charge < -0.3 is 5.32 Å². The smallest absolute Gasteiger partial charge is 0.266 e. The molecule has 4 heteroatoms. The molecule has 0 spiro atoms. The Labute approximate surface area is 141 Å². The van der Waals surface area contributed by atoms with Crippen LogP contribution in [0.4, 0.5) is 10.1 Å². The molecule has 0 radical (unpaired) electrons. The summed E-state index contributed by atoms with van der Waals surface area (Å²) in [5.74, 6) is -1.18. The average molecular weight is 322 g/mol. The van der Waals surface area contributed by atoms with Gasteiger partial charge in [0.2, 0.25) is 0 Å². The van der Waals surface area contributed by atoms with Gasteiger partial charge in [-0.3, -0.25) is 4.79 Å². The van der Waals surface area contributed by atoms with Crippen molar-refractivity contribution < 1.29 is 9.18 Å². The highest BCUT2D eigenvalue weighted by molar-refractivity contribution is 6.09. The molecule has 0 fully saturated rings. The highest BCUT2D eigenvalue weighted by Gasteiger charge is 2.14. The van der Waals surface area contributed by atoms with Crippen LogP contribution in [-0.4, -0.2) is 5.91 Å². The molecule has 0 aromatic heterocycles. The number of nitrogens with zero attached hydrogens (tertiary/aromatic N) is 1. The van der Waals surface area contributed by atoms with Gasteiger partial charge in [-0.2, -0.15) is 5.26 Å². The molecule has 0 unspecified atom stereocenters. The zero-order valence-electron chi connectivity index (χ0n) is 13.9. The lowest BCUT2D eigenvalue weighted by Crippen LogP contribution is -2.14. The van der Waals surface area contributed by atoms with Gasteiger partial charge in [-0.1, -0.05) is 57.2 Å². The molecule has 0 saturated carbocycles. The second-order valence-corrected chi connectivity index (χ2v) is 6.48. The van der Waals surface area contributed by atoms with Crippen LogP contribution in [0.2, 0.25) is 0 Å². The fourth-order valence-corrected chi connectivity index (χ4v) is 2.15. The van der Waals surface area contributed by atoms with Gasteiger partial charge in [-0.05, 0) is 34.8 Å². The normalized spacial score (nSPS) is 11.7. The minimum Gasteiger partial charge on any atom is -0.319 e. The van der Waals surface area contributed by atoms with Crippen LogP contribution in [0.25, 0.3) is 6.08 Å². The van der Waals surface area contributed by atoms with Crippen LogP contribution in [0, 0.1) is 17.1 Å². The SMILES string of the molecule is CC(C)(C)c1ccc(/C=C(/C#N)C(=O)Nc2ccccc2F)cc1. The second kappa shape index (κ2) is 7.10. The summed E-state index contributed by atoms with van der Waals surface area (Å²) in [6.07, 6.45) is 1.49. The molecule has 2 aromatic carbocycles. The predicted molar refractivity (Wildman–Crippen MR) is 93.8 cm³/mol. The van der Waals surface area contributed by atoms with E-state index in [-0.39, 0.29) is 16.7 Å². The largest absolute Gasteiger partial charge is 0.319 e. The van der Waals surface area contributed by atoms with E-state index >= 15 is 0 Å². The number of carbonyl (C=O) groups excluding carboxylic acids is 1. The van der Waals surface area contributed by atoms with Crippen molar-refractivity contribution in [3.63, 3.8) is 0 Å². The van der Waals surface area contributed by atoms with Gasteiger partial charge in [-0.15, -0.1) is 0 Å². The Morgan fingerprint density at radius 1 is 1.12 bits per heavy atom. The van der Waals surface area contributed by atoms with Crippen LogP contribution >= 0.6 is 0 Å². The van der Waals surface area contributed by atoms with Crippen LogP contribution in [0.15, 0.2) is 54.1 Å². The first-order chi connectivity index (χ1) is 11.3. The Kier molecular flexibility index (Phi) is 5.15. The van der Waals surface area contributed by atoms with Crippen molar-refractivity contribution in [3.8, 4) is 6.07 Å². The third-order valence-electron chi connectivity index (χ3n) is 3.57. The van der Waals surface area contributed by atoms with Crippen molar-refractivity contribution in [2.45, 2.75) is 26.2 Å². The molecular formula is C20H19FN2O. The van der Waals surface area contributed by atoms with E-state index in [9.17, 15) is 14.4 Å². The predicted octanol–water partition coefficient (Wildman–Crippen LogP) is 4.67. The molecule has 0 aliphatic heterocycles. The van der Waals surface area contributed by atoms with E-state index in [4.69, 9.17) is 0 Å². The van der Waals surface area contributed by atoms with Gasteiger partial charge in [0.1, 0.15) is 17.5 Å². The van der Waals surface area contributed by atoms with E-state index in [2.05, 4.69) is 26.1 Å². The number of hydrogen-bond donors (Lipinski definition) is 1. The quantitative estimate of drug-likeness (QED) is 0.659. The number of benzene rings is 2. The van der Waals surface area contributed by atoms with Crippen LogP contribution in [-0.2, 0) is 10.2 Å². The molecule has 0 heterocycles. The van der Waals surface area contributed by atoms with E-state index in [1.54, 1.807) is 6.07 Å². The Hall–Kier alpha value is -2.93. The van der Waals surface area contributed by atoms with Crippen LogP contribution < -0.4 is 5.32 Å². The van der Waals surface area contributed by atoms with Crippen molar-refractivity contribution in [2.24, 2.45) is 0 Å². The topological polar surface area (TPSA) is 52.9 Å². The number of halogens is 1. The van der Waals surface area contributed by atoms with Crippen molar-refractivity contribution in [3.05, 3.63) is 71.0 Å². The zero-order chi connectivity index (χ0) is 17.7. The Morgan fingerprint density at radius 2 is 1.75 bits per heavy atom. The van der Waals surface area contributed by atoms with E-state index in [1.807, 2.05) is 30.3 Å². The van der Waals surface area contributed by atoms with Crippen molar-refractivity contribution >= 4 is 17.7 Å². The summed E-state index contributed by atoms with van der Waals surface area (Å²) in [6.45, 7) is 6.33. The van der Waals surface area contributed by atoms with Crippen molar-refractivity contribution in [1.82, 2.24) is 0 Å². The number of para-hydroxylation sites is 1. The summed E-state index contributed by atoms with van der Waals surface area (Å²) < 4.78 is 13.6. The fraction of sp³-hybridized carbons (Fsp3) is 0.200. The maximum absolute atomic E-state index is 13.6. The number of rotatable bonds is 3. The lowest BCUT2D eigenvalue weighted by atomic mass is 9.86. The van der Waals surface area contributed by atoms with E-state index in [1.165, 1.54) is 24.3 Å². The molecule has 2 aromatic rings. The lowest BCUT2D eigenvalue weighted by Gasteiger charge is -2.18. The summed E-state index contributed by atoms with van der Waals surface area (Å²) in [4.78, 5) is 12.2. The summed E-state index contributed by atoms with van der Waals surface area (Å²) in [7, 11) is 0. The highest BCUT2D eigenvalue weighted by atomic mass is 19.1. The minimum absolute atomic E-state index is 0.0303. The number of amides is 1. The number of nitrogens with one attached hydrogen (secondary N) is 1. The first-order valence-electron chi connectivity index (χ1n) is 7.59. The Balaban J connectivity index is 2.21. The zero-order valence-corrected chi connectivity index (χ0v) is 13.9. The monoisotopic (exact) mass is 322 g/mol. The van der Waals surface area contributed by atoms with Gasteiger partial charge in [0.15, 0.2) is 0 Å². The van der Waals surface area contributed by atoms with Gasteiger partial charge in [0, 0.05) is 0 Å². The molecule has 0 aliphatic rings. The molecule has 0 aliphatic carbocycles. The molecule has 0 saturated heterocycles. The van der Waals surface area contributed by atoms with Crippen LogP contribution in [0.3, 0.4) is 0 Å². The fourth-order valence-electron chi connectivity index (χ4n) is 2.15. The first-order valence-corrected chi connectivity index (χ1v) is 7.59. The molecule has 3 nitrogen and oxygen atoms in total. The van der Waals surface area contributed by atoms with E-state index < -0.39 is 11.7 Å². The van der Waals surface area contributed by atoms with E-state index in [0.29, 0.717) is 0 Å². The summed E-state index contributed by atoms with van der Waals surface area (Å²) in [5.41, 5.74) is 1.90. The second-order valence-electron chi connectivity index (χ2n) is 6.48. The molecule has 122 valence electrons.